The van der Waals surface area contributed by atoms with Crippen LogP contribution in [0.4, 0.5) is 0 Å². The summed E-state index contributed by atoms with van der Waals surface area (Å²) in [6.07, 6.45) is 0.483. The molecule has 3 amide bonds. The summed E-state index contributed by atoms with van der Waals surface area (Å²) in [6.45, 7) is 1.07. The quantitative estimate of drug-likeness (QED) is 0.104. The van der Waals surface area contributed by atoms with Crippen molar-refractivity contribution >= 4 is 29.7 Å². The highest BCUT2D eigenvalue weighted by molar-refractivity contribution is 5.91. The maximum atomic E-state index is 12.0. The van der Waals surface area contributed by atoms with Gasteiger partial charge in [0.25, 0.3) is 0 Å². The van der Waals surface area contributed by atoms with Crippen molar-refractivity contribution in [3.63, 3.8) is 0 Å². The normalized spacial score (nSPS) is 12.4. The van der Waals surface area contributed by atoms with E-state index in [1.807, 2.05) is 0 Å². The van der Waals surface area contributed by atoms with Crippen molar-refractivity contribution < 1.29 is 24.3 Å². The molecule has 0 heterocycles. The van der Waals surface area contributed by atoms with Crippen LogP contribution >= 0.6 is 0 Å². The minimum Gasteiger partial charge on any atom is -0.480 e. The van der Waals surface area contributed by atoms with Gasteiger partial charge in [0, 0.05) is 6.54 Å². The lowest BCUT2D eigenvalue weighted by atomic mass is 10.1. The highest BCUT2D eigenvalue weighted by Gasteiger charge is 2.23. The number of amides is 3. The Balaban J connectivity index is 4.34. The number of nitrogens with two attached hydrogens (primary N) is 2. The molecule has 10 N–H and O–H groups in total. The Bertz CT molecular complexity index is 511. The standard InChI is InChI=1S/C13H25N7O5/c1-7(19-10(22)6-18-9(21)5-14)11(23)20-8(12(24)25)3-2-4-17-13(15)16/h7-8H,2-6,14H2,1H3,(H,18,21)(H,19,22)(H,20,23)(H,24,25)(H4,15,16,17)/t7-,8-/m0/s1. The van der Waals surface area contributed by atoms with Crippen LogP contribution in [0.3, 0.4) is 0 Å². The van der Waals surface area contributed by atoms with Gasteiger partial charge >= 0.3 is 5.97 Å². The zero-order valence-electron chi connectivity index (χ0n) is 13.9. The molecular formula is C13H25N7O5. The fourth-order valence-electron chi connectivity index (χ4n) is 1.69. The number of carbonyl (C=O) groups excluding carboxylic acids is 3. The Kier molecular flexibility index (Phi) is 10.3. The fourth-order valence-corrected chi connectivity index (χ4v) is 1.69. The Morgan fingerprint density at radius 1 is 1.12 bits per heavy atom. The van der Waals surface area contributed by atoms with Crippen LogP contribution in [0.15, 0.2) is 0 Å². The predicted octanol–water partition coefficient (Wildman–Crippen LogP) is -3.60. The van der Waals surface area contributed by atoms with Crippen molar-refractivity contribution in [2.24, 2.45) is 11.5 Å². The first kappa shape index (κ1) is 22.1. The van der Waals surface area contributed by atoms with Crippen LogP contribution < -0.4 is 32.7 Å². The molecular weight excluding hydrogens is 334 g/mol. The molecule has 25 heavy (non-hydrogen) atoms. The van der Waals surface area contributed by atoms with Crippen molar-refractivity contribution in [3.05, 3.63) is 0 Å². The number of carbonyl (C=O) groups is 4. The van der Waals surface area contributed by atoms with Crippen molar-refractivity contribution in [2.75, 3.05) is 19.6 Å². The number of carboxylic acids is 1. The van der Waals surface area contributed by atoms with Gasteiger partial charge in [-0.15, -0.1) is 0 Å². The minimum absolute atomic E-state index is 0.120. The summed E-state index contributed by atoms with van der Waals surface area (Å²) in [4.78, 5) is 45.6. The van der Waals surface area contributed by atoms with Crippen LogP contribution in [0.1, 0.15) is 19.8 Å². The topological polar surface area (TPSA) is 213 Å². The largest absolute Gasteiger partial charge is 0.480 e. The molecule has 0 aromatic heterocycles. The lowest BCUT2D eigenvalue weighted by molar-refractivity contribution is -0.142. The Labute approximate surface area is 144 Å². The fraction of sp³-hybridized carbons (Fsp3) is 0.615. The molecule has 0 aliphatic rings. The first-order valence-electron chi connectivity index (χ1n) is 7.54. The highest BCUT2D eigenvalue weighted by Crippen LogP contribution is 1.98. The molecule has 142 valence electrons. The predicted molar refractivity (Wildman–Crippen MR) is 88.4 cm³/mol. The van der Waals surface area contributed by atoms with E-state index in [-0.39, 0.29) is 25.5 Å². The van der Waals surface area contributed by atoms with E-state index < -0.39 is 35.8 Å². The van der Waals surface area contributed by atoms with Gasteiger partial charge in [-0.25, -0.2) is 4.79 Å². The van der Waals surface area contributed by atoms with E-state index in [1.165, 1.54) is 6.92 Å². The van der Waals surface area contributed by atoms with Crippen LogP contribution in [0, 0.1) is 5.41 Å². The Morgan fingerprint density at radius 2 is 1.76 bits per heavy atom. The molecule has 0 aliphatic carbocycles. The number of guanidine groups is 1. The summed E-state index contributed by atoms with van der Waals surface area (Å²) >= 11 is 0. The maximum absolute atomic E-state index is 12.0. The van der Waals surface area contributed by atoms with Crippen LogP contribution in [0.25, 0.3) is 0 Å². The highest BCUT2D eigenvalue weighted by atomic mass is 16.4. The Hall–Kier alpha value is -2.89. The van der Waals surface area contributed by atoms with Gasteiger partial charge in [-0.05, 0) is 19.8 Å². The van der Waals surface area contributed by atoms with E-state index in [0.29, 0.717) is 13.0 Å². The summed E-state index contributed by atoms with van der Waals surface area (Å²) in [5.74, 6) is -3.25. The van der Waals surface area contributed by atoms with Gasteiger partial charge in [-0.1, -0.05) is 0 Å². The molecule has 0 aromatic rings. The molecule has 12 heteroatoms. The number of nitrogens with one attached hydrogen (secondary N) is 5. The van der Waals surface area contributed by atoms with E-state index >= 15 is 0 Å². The van der Waals surface area contributed by atoms with Gasteiger partial charge in [0.15, 0.2) is 5.96 Å². The monoisotopic (exact) mass is 359 g/mol. The third-order valence-corrected chi connectivity index (χ3v) is 3.00. The zero-order valence-corrected chi connectivity index (χ0v) is 13.9. The molecule has 0 fully saturated rings. The summed E-state index contributed by atoms with van der Waals surface area (Å²) in [6, 6.07) is -2.13. The second-order valence-corrected chi connectivity index (χ2v) is 5.15. The molecule has 12 nitrogen and oxygen atoms in total. The molecule has 2 atom stereocenters. The average Bonchev–Trinajstić information content (AvgIpc) is 2.54. The SMILES string of the molecule is C[C@H](NC(=O)CNC(=O)CN)C(=O)N[C@@H](CCCNC(=N)N)C(=O)O. The number of hydrogen-bond donors (Lipinski definition) is 8. The lowest BCUT2D eigenvalue weighted by Crippen LogP contribution is -2.52. The van der Waals surface area contributed by atoms with Crippen molar-refractivity contribution in [1.82, 2.24) is 21.3 Å². The molecule has 0 saturated carbocycles. The summed E-state index contributed by atoms with van der Waals surface area (Å²) < 4.78 is 0. The van der Waals surface area contributed by atoms with Gasteiger partial charge in [-0.2, -0.15) is 0 Å². The third kappa shape index (κ3) is 10.5. The number of hydrogen-bond acceptors (Lipinski definition) is 6. The second-order valence-electron chi connectivity index (χ2n) is 5.15. The summed E-state index contributed by atoms with van der Waals surface area (Å²) in [5.41, 5.74) is 10.2. The second kappa shape index (κ2) is 11.6. The van der Waals surface area contributed by atoms with E-state index in [0.717, 1.165) is 0 Å². The van der Waals surface area contributed by atoms with Gasteiger partial charge in [-0.3, -0.25) is 19.8 Å². The molecule has 0 bridgehead atoms. The summed E-state index contributed by atoms with van der Waals surface area (Å²) in [7, 11) is 0. The van der Waals surface area contributed by atoms with Crippen LogP contribution in [-0.2, 0) is 19.2 Å². The van der Waals surface area contributed by atoms with E-state index in [9.17, 15) is 19.2 Å². The molecule has 0 rings (SSSR count). The zero-order chi connectivity index (χ0) is 19.4. The van der Waals surface area contributed by atoms with Crippen molar-refractivity contribution in [3.8, 4) is 0 Å². The molecule has 0 radical (unpaired) electrons. The van der Waals surface area contributed by atoms with Gasteiger partial charge in [0.1, 0.15) is 12.1 Å². The summed E-state index contributed by atoms with van der Waals surface area (Å²) in [5, 5.41) is 25.5. The smallest absolute Gasteiger partial charge is 0.326 e. The molecule has 0 aromatic carbocycles. The number of carboxylic acid groups (broad SMARTS) is 1. The lowest BCUT2D eigenvalue weighted by Gasteiger charge is -2.19. The van der Waals surface area contributed by atoms with Crippen LogP contribution in [-0.4, -0.2) is 66.5 Å². The van der Waals surface area contributed by atoms with Crippen LogP contribution in [0.5, 0.6) is 0 Å². The minimum atomic E-state index is -1.22. The van der Waals surface area contributed by atoms with E-state index in [2.05, 4.69) is 21.3 Å². The first-order valence-corrected chi connectivity index (χ1v) is 7.54. The molecule has 0 unspecified atom stereocenters. The van der Waals surface area contributed by atoms with Crippen molar-refractivity contribution in [2.45, 2.75) is 31.8 Å². The van der Waals surface area contributed by atoms with Gasteiger partial charge in [0.2, 0.25) is 17.7 Å². The number of rotatable bonds is 11. The van der Waals surface area contributed by atoms with E-state index in [1.54, 1.807) is 0 Å². The van der Waals surface area contributed by atoms with E-state index in [4.69, 9.17) is 22.0 Å². The third-order valence-electron chi connectivity index (χ3n) is 3.00. The molecule has 0 aliphatic heterocycles. The Morgan fingerprint density at radius 3 is 2.28 bits per heavy atom. The maximum Gasteiger partial charge on any atom is 0.326 e. The van der Waals surface area contributed by atoms with Gasteiger partial charge < -0.3 is 37.8 Å². The van der Waals surface area contributed by atoms with Crippen molar-refractivity contribution in [1.29, 1.82) is 5.41 Å². The van der Waals surface area contributed by atoms with Crippen LogP contribution in [0.2, 0.25) is 0 Å². The first-order chi connectivity index (χ1) is 11.7. The van der Waals surface area contributed by atoms with Gasteiger partial charge in [0.05, 0.1) is 13.1 Å². The number of aliphatic carboxylic acids is 1. The average molecular weight is 359 g/mol. The molecule has 0 saturated heterocycles. The molecule has 0 spiro atoms.